The van der Waals surface area contributed by atoms with Crippen molar-refractivity contribution in [3.8, 4) is 0 Å². The van der Waals surface area contributed by atoms with E-state index >= 15 is 0 Å². The number of aryl methyl sites for hydroxylation is 3. The van der Waals surface area contributed by atoms with Crippen LogP contribution in [0.1, 0.15) is 28.7 Å². The first kappa shape index (κ1) is 18.6. The minimum Gasteiger partial charge on any atom is -0.329 e. The van der Waals surface area contributed by atoms with Crippen molar-refractivity contribution in [3.05, 3.63) is 64.7 Å². The van der Waals surface area contributed by atoms with Crippen molar-refractivity contribution in [1.29, 1.82) is 0 Å². The van der Waals surface area contributed by atoms with Crippen LogP contribution in [-0.2, 0) is 22.6 Å². The predicted octanol–water partition coefficient (Wildman–Crippen LogP) is 2.93. The van der Waals surface area contributed by atoms with Crippen molar-refractivity contribution >= 4 is 23.5 Å². The Labute approximate surface area is 158 Å². The zero-order valence-corrected chi connectivity index (χ0v) is 15.5. The van der Waals surface area contributed by atoms with E-state index in [1.807, 2.05) is 6.07 Å². The average molecular weight is 365 g/mol. The Morgan fingerprint density at radius 3 is 2.67 bits per heavy atom. The number of hydrogen-bond donors (Lipinski definition) is 2. The number of rotatable bonds is 6. The topological polar surface area (TPSA) is 78.5 Å². The van der Waals surface area contributed by atoms with E-state index in [-0.39, 0.29) is 30.9 Å². The van der Waals surface area contributed by atoms with Gasteiger partial charge in [0.2, 0.25) is 11.8 Å². The molecule has 140 valence electrons. The fraction of sp³-hybridized carbons (Fsp3) is 0.286. The molecular weight excluding hydrogens is 342 g/mol. The van der Waals surface area contributed by atoms with E-state index in [2.05, 4.69) is 42.7 Å². The summed E-state index contributed by atoms with van der Waals surface area (Å²) in [5.41, 5.74) is 5.02. The fourth-order valence-corrected chi connectivity index (χ4v) is 3.14. The summed E-state index contributed by atoms with van der Waals surface area (Å²) in [7, 11) is 0. The molecule has 0 saturated carbocycles. The first-order chi connectivity index (χ1) is 12.9. The van der Waals surface area contributed by atoms with E-state index in [1.54, 1.807) is 18.2 Å². The van der Waals surface area contributed by atoms with Gasteiger partial charge in [-0.15, -0.1) is 0 Å². The largest absolute Gasteiger partial charge is 0.329 e. The van der Waals surface area contributed by atoms with E-state index in [9.17, 15) is 14.4 Å². The van der Waals surface area contributed by atoms with Crippen molar-refractivity contribution in [2.45, 2.75) is 33.2 Å². The summed E-state index contributed by atoms with van der Waals surface area (Å²) < 4.78 is 0. The number of amides is 4. The molecule has 0 aromatic heterocycles. The lowest BCUT2D eigenvalue weighted by atomic mass is 10.0. The lowest BCUT2D eigenvalue weighted by molar-refractivity contribution is -0.125. The highest BCUT2D eigenvalue weighted by molar-refractivity contribution is 6.01. The van der Waals surface area contributed by atoms with Crippen molar-refractivity contribution < 1.29 is 14.4 Å². The number of imide groups is 1. The van der Waals surface area contributed by atoms with Crippen LogP contribution in [0.4, 0.5) is 10.5 Å². The van der Waals surface area contributed by atoms with Crippen LogP contribution in [0.15, 0.2) is 42.5 Å². The van der Waals surface area contributed by atoms with Gasteiger partial charge in [-0.05, 0) is 49.1 Å². The molecule has 2 aromatic carbocycles. The van der Waals surface area contributed by atoms with Crippen LogP contribution in [0.2, 0.25) is 0 Å². The van der Waals surface area contributed by atoms with E-state index in [0.717, 1.165) is 5.56 Å². The quantitative estimate of drug-likeness (QED) is 0.773. The normalized spacial score (nSPS) is 13.6. The van der Waals surface area contributed by atoms with Gasteiger partial charge in [-0.1, -0.05) is 35.9 Å². The Kier molecular flexibility index (Phi) is 5.54. The number of anilines is 1. The van der Waals surface area contributed by atoms with Gasteiger partial charge in [-0.25, -0.2) is 4.79 Å². The van der Waals surface area contributed by atoms with Crippen LogP contribution in [0.25, 0.3) is 0 Å². The summed E-state index contributed by atoms with van der Waals surface area (Å²) in [5.74, 6) is -0.315. The summed E-state index contributed by atoms with van der Waals surface area (Å²) in [6.45, 7) is 4.33. The number of carbonyl (C=O) groups excluding carboxylic acids is 3. The summed E-state index contributed by atoms with van der Waals surface area (Å²) in [6, 6.07) is 13.1. The van der Waals surface area contributed by atoms with Crippen molar-refractivity contribution in [3.63, 3.8) is 0 Å². The number of hydrogen-bond acceptors (Lipinski definition) is 3. The molecule has 0 spiro atoms. The highest BCUT2D eigenvalue weighted by Gasteiger charge is 2.28. The molecule has 1 fully saturated rings. The van der Waals surface area contributed by atoms with Crippen LogP contribution in [0.5, 0.6) is 0 Å². The summed E-state index contributed by atoms with van der Waals surface area (Å²) >= 11 is 0. The zero-order chi connectivity index (χ0) is 19.4. The third-order valence-electron chi connectivity index (χ3n) is 4.61. The molecule has 4 amide bonds. The molecule has 27 heavy (non-hydrogen) atoms. The van der Waals surface area contributed by atoms with Crippen LogP contribution in [-0.4, -0.2) is 29.3 Å². The van der Waals surface area contributed by atoms with E-state index in [1.165, 1.54) is 21.6 Å². The number of urea groups is 1. The highest BCUT2D eigenvalue weighted by atomic mass is 16.2. The molecule has 1 aliphatic rings. The molecule has 0 aliphatic carbocycles. The molecule has 0 radical (unpaired) electrons. The minimum atomic E-state index is -0.386. The maximum Gasteiger partial charge on any atom is 0.324 e. The molecule has 0 bridgehead atoms. The second-order valence-corrected chi connectivity index (χ2v) is 6.82. The lowest BCUT2D eigenvalue weighted by Gasteiger charge is -2.13. The SMILES string of the molecule is Cc1ccc(CCC(=O)Nc2cccc(CN3C(=O)CNC3=O)c2)c(C)c1. The van der Waals surface area contributed by atoms with Gasteiger partial charge < -0.3 is 10.6 Å². The standard InChI is InChI=1S/C21H23N3O3/c1-14-6-7-17(15(2)10-14)8-9-19(25)23-18-5-3-4-16(11-18)13-24-20(26)12-22-21(24)27/h3-7,10-11H,8-9,12-13H2,1-2H3,(H,22,27)(H,23,25). The number of nitrogens with zero attached hydrogens (tertiary/aromatic N) is 1. The van der Waals surface area contributed by atoms with Gasteiger partial charge in [0.15, 0.2) is 0 Å². The summed E-state index contributed by atoms with van der Waals surface area (Å²) in [6.07, 6.45) is 1.07. The van der Waals surface area contributed by atoms with Gasteiger partial charge in [-0.2, -0.15) is 0 Å². The van der Waals surface area contributed by atoms with E-state index in [4.69, 9.17) is 0 Å². The smallest absolute Gasteiger partial charge is 0.324 e. The Morgan fingerprint density at radius 2 is 1.96 bits per heavy atom. The summed E-state index contributed by atoms with van der Waals surface area (Å²) in [5, 5.41) is 5.38. The number of nitrogens with one attached hydrogen (secondary N) is 2. The second kappa shape index (κ2) is 8.03. The first-order valence-corrected chi connectivity index (χ1v) is 8.95. The maximum atomic E-state index is 12.3. The zero-order valence-electron chi connectivity index (χ0n) is 15.5. The second-order valence-electron chi connectivity index (χ2n) is 6.82. The molecule has 6 heteroatoms. The average Bonchev–Trinajstić information content (AvgIpc) is 2.93. The van der Waals surface area contributed by atoms with Gasteiger partial charge in [0.05, 0.1) is 13.1 Å². The molecule has 2 aromatic rings. The highest BCUT2D eigenvalue weighted by Crippen LogP contribution is 2.16. The van der Waals surface area contributed by atoms with Gasteiger partial charge >= 0.3 is 6.03 Å². The van der Waals surface area contributed by atoms with Crippen molar-refractivity contribution in [2.24, 2.45) is 0 Å². The Bertz CT molecular complexity index is 876. The van der Waals surface area contributed by atoms with Gasteiger partial charge in [0.25, 0.3) is 0 Å². The van der Waals surface area contributed by atoms with Gasteiger partial charge in [0.1, 0.15) is 0 Å². The van der Waals surface area contributed by atoms with Crippen LogP contribution < -0.4 is 10.6 Å². The predicted molar refractivity (Wildman–Crippen MR) is 103 cm³/mol. The monoisotopic (exact) mass is 365 g/mol. The molecule has 6 nitrogen and oxygen atoms in total. The number of benzene rings is 2. The van der Waals surface area contributed by atoms with Crippen LogP contribution in [0, 0.1) is 13.8 Å². The van der Waals surface area contributed by atoms with E-state index in [0.29, 0.717) is 18.5 Å². The minimum absolute atomic E-state index is 0.0354. The Balaban J connectivity index is 1.58. The molecule has 1 saturated heterocycles. The molecule has 3 rings (SSSR count). The van der Waals surface area contributed by atoms with Crippen molar-refractivity contribution in [2.75, 3.05) is 11.9 Å². The third-order valence-corrected chi connectivity index (χ3v) is 4.61. The third kappa shape index (κ3) is 4.73. The molecule has 0 unspecified atom stereocenters. The Morgan fingerprint density at radius 1 is 1.15 bits per heavy atom. The molecule has 1 heterocycles. The summed E-state index contributed by atoms with van der Waals surface area (Å²) in [4.78, 5) is 36.8. The first-order valence-electron chi connectivity index (χ1n) is 8.95. The van der Waals surface area contributed by atoms with Gasteiger partial charge in [-0.3, -0.25) is 14.5 Å². The van der Waals surface area contributed by atoms with E-state index < -0.39 is 0 Å². The van der Waals surface area contributed by atoms with Gasteiger partial charge in [0, 0.05) is 12.1 Å². The molecule has 2 N–H and O–H groups in total. The van der Waals surface area contributed by atoms with Crippen molar-refractivity contribution in [1.82, 2.24) is 10.2 Å². The van der Waals surface area contributed by atoms with Crippen LogP contribution in [0.3, 0.4) is 0 Å². The Hall–Kier alpha value is -3.15. The molecular formula is C21H23N3O3. The van der Waals surface area contributed by atoms with Crippen LogP contribution >= 0.6 is 0 Å². The molecule has 1 aliphatic heterocycles. The maximum absolute atomic E-state index is 12.3. The number of carbonyl (C=O) groups is 3. The lowest BCUT2D eigenvalue weighted by Crippen LogP contribution is -2.30. The molecule has 0 atom stereocenters. The fourth-order valence-electron chi connectivity index (χ4n) is 3.14.